The molecule has 5 nitrogen and oxygen atoms in total. The minimum atomic E-state index is -0.657. The van der Waals surface area contributed by atoms with Crippen LogP contribution in [0.25, 0.3) is 0 Å². The topological polar surface area (TPSA) is 62.4 Å². The van der Waals surface area contributed by atoms with Crippen molar-refractivity contribution in [3.8, 4) is 11.5 Å². The number of carbonyl (C=O) groups is 1. The fourth-order valence-corrected chi connectivity index (χ4v) is 6.84. The normalized spacial score (nSPS) is 15.8. The fraction of sp³-hybridized carbons (Fsp3) is 0.0750. The molecule has 0 bridgehead atoms. The number of carbonyl (C=O) groups excluding carboxylic acids is 1. The molecule has 0 aromatic heterocycles. The largest absolute Gasteiger partial charge is 0.457 e. The first-order valence-electron chi connectivity index (χ1n) is 15.3. The fourth-order valence-electron chi connectivity index (χ4n) is 6.68. The van der Waals surface area contributed by atoms with Crippen molar-refractivity contribution in [3.63, 3.8) is 0 Å². The molecular formula is C40H30ClN3O2. The molecule has 2 aliphatic rings. The zero-order valence-electron chi connectivity index (χ0n) is 25.1. The summed E-state index contributed by atoms with van der Waals surface area (Å²) < 4.78 is 6.53. The second kappa shape index (κ2) is 11.1. The van der Waals surface area contributed by atoms with Gasteiger partial charge in [0.05, 0.1) is 5.41 Å². The van der Waals surface area contributed by atoms with Gasteiger partial charge in [-0.25, -0.2) is 0 Å². The molecule has 1 atom stereocenters. The van der Waals surface area contributed by atoms with E-state index in [-0.39, 0.29) is 5.78 Å². The lowest BCUT2D eigenvalue weighted by atomic mass is 9.68. The van der Waals surface area contributed by atoms with E-state index in [1.54, 1.807) is 0 Å². The molecule has 1 spiro atoms. The van der Waals surface area contributed by atoms with E-state index in [1.807, 2.05) is 104 Å². The third kappa shape index (κ3) is 4.86. The van der Waals surface area contributed by atoms with Crippen LogP contribution in [0.3, 0.4) is 0 Å². The molecule has 1 aliphatic heterocycles. The number of aryl methyl sites for hydroxylation is 1. The van der Waals surface area contributed by atoms with Gasteiger partial charge in [-0.15, -0.1) is 0 Å². The van der Waals surface area contributed by atoms with Crippen LogP contribution in [-0.4, -0.2) is 5.78 Å². The Morgan fingerprint density at radius 2 is 1.09 bits per heavy atom. The number of ether oxygens (including phenoxy) is 1. The lowest BCUT2D eigenvalue weighted by Crippen LogP contribution is -2.31. The summed E-state index contributed by atoms with van der Waals surface area (Å²) in [5.41, 5.74) is 9.84. The van der Waals surface area contributed by atoms with E-state index in [2.05, 4.69) is 52.3 Å². The summed E-state index contributed by atoms with van der Waals surface area (Å²) >= 11 is 6.65. The maximum absolute atomic E-state index is 13.3. The van der Waals surface area contributed by atoms with Crippen LogP contribution in [0.5, 0.6) is 11.5 Å². The molecule has 6 aromatic rings. The predicted molar refractivity (Wildman–Crippen MR) is 187 cm³/mol. The number of hydrogen-bond acceptors (Lipinski definition) is 5. The molecule has 8 rings (SSSR count). The van der Waals surface area contributed by atoms with Gasteiger partial charge in [-0.1, -0.05) is 60.1 Å². The quantitative estimate of drug-likeness (QED) is 0.173. The van der Waals surface area contributed by atoms with E-state index in [9.17, 15) is 4.79 Å². The second-order valence-electron chi connectivity index (χ2n) is 11.9. The lowest BCUT2D eigenvalue weighted by Gasteiger charge is -2.38. The first kappa shape index (κ1) is 28.0. The van der Waals surface area contributed by atoms with Gasteiger partial charge in [0.15, 0.2) is 5.78 Å². The molecule has 6 aromatic carbocycles. The average Bonchev–Trinajstić information content (AvgIpc) is 3.37. The first-order valence-corrected chi connectivity index (χ1v) is 15.7. The SMILES string of the molecule is Cc1cc2c(cc1Cl)C1(CC(=O)c3ccccc31)c1ccc(Nc3ccc(Nc4ccc(Nc5ccccc5)cc4)cc3)cc1O2. The number of fused-ring (bicyclic) bond motifs is 6. The van der Waals surface area contributed by atoms with Crippen LogP contribution < -0.4 is 20.7 Å². The van der Waals surface area contributed by atoms with Crippen molar-refractivity contribution >= 4 is 51.5 Å². The first-order chi connectivity index (χ1) is 22.5. The van der Waals surface area contributed by atoms with E-state index < -0.39 is 5.41 Å². The van der Waals surface area contributed by atoms with E-state index in [0.29, 0.717) is 11.4 Å². The Hall–Kier alpha value is -5.52. The Morgan fingerprint density at radius 1 is 0.565 bits per heavy atom. The molecule has 1 heterocycles. The van der Waals surface area contributed by atoms with Gasteiger partial charge in [0.25, 0.3) is 0 Å². The minimum Gasteiger partial charge on any atom is -0.457 e. The van der Waals surface area contributed by atoms with Gasteiger partial charge in [-0.05, 0) is 96.9 Å². The molecule has 0 saturated heterocycles. The maximum Gasteiger partial charge on any atom is 0.164 e. The van der Waals surface area contributed by atoms with Crippen LogP contribution in [0.2, 0.25) is 5.02 Å². The van der Waals surface area contributed by atoms with Crippen molar-refractivity contribution in [1.29, 1.82) is 0 Å². The molecule has 0 amide bonds. The number of para-hydroxylation sites is 1. The molecule has 46 heavy (non-hydrogen) atoms. The number of rotatable bonds is 6. The Balaban J connectivity index is 1.04. The van der Waals surface area contributed by atoms with Crippen molar-refractivity contribution in [2.24, 2.45) is 0 Å². The van der Waals surface area contributed by atoms with Crippen molar-refractivity contribution in [2.75, 3.05) is 16.0 Å². The number of anilines is 6. The summed E-state index contributed by atoms with van der Waals surface area (Å²) in [5, 5.41) is 11.1. The van der Waals surface area contributed by atoms with Crippen molar-refractivity contribution in [2.45, 2.75) is 18.8 Å². The zero-order chi connectivity index (χ0) is 31.3. The summed E-state index contributed by atoms with van der Waals surface area (Å²) in [4.78, 5) is 13.3. The predicted octanol–water partition coefficient (Wildman–Crippen LogP) is 10.9. The molecule has 3 N–H and O–H groups in total. The standard InChI is InChI=1S/C40H30ClN3O2/c1-25-21-38-35(23-36(25)41)40(24-37(45)32-9-5-6-10-33(32)40)34-20-19-31(22-39(34)46-38)44-30-17-15-29(16-18-30)43-28-13-11-27(12-14-28)42-26-7-3-2-4-8-26/h2-23,42-44H,24H2,1H3. The van der Waals surface area contributed by atoms with Crippen LogP contribution in [-0.2, 0) is 5.41 Å². The summed E-state index contributed by atoms with van der Waals surface area (Å²) in [5.74, 6) is 1.59. The summed E-state index contributed by atoms with van der Waals surface area (Å²) in [6.07, 6.45) is 0.336. The number of benzene rings is 6. The van der Waals surface area contributed by atoms with E-state index >= 15 is 0 Å². The highest BCUT2D eigenvalue weighted by molar-refractivity contribution is 6.31. The van der Waals surface area contributed by atoms with Crippen LogP contribution >= 0.6 is 11.6 Å². The van der Waals surface area contributed by atoms with Gasteiger partial charge in [0.2, 0.25) is 0 Å². The highest BCUT2D eigenvalue weighted by Crippen LogP contribution is 2.58. The van der Waals surface area contributed by atoms with Crippen LogP contribution in [0.1, 0.15) is 39.0 Å². The number of halogens is 1. The van der Waals surface area contributed by atoms with Gasteiger partial charge >= 0.3 is 0 Å². The third-order valence-electron chi connectivity index (χ3n) is 8.90. The smallest absolute Gasteiger partial charge is 0.164 e. The van der Waals surface area contributed by atoms with Gasteiger partial charge in [0, 0.05) is 68.3 Å². The minimum absolute atomic E-state index is 0.127. The second-order valence-corrected chi connectivity index (χ2v) is 12.3. The average molecular weight is 620 g/mol. The summed E-state index contributed by atoms with van der Waals surface area (Å²) in [7, 11) is 0. The Kier molecular flexibility index (Phi) is 6.77. The van der Waals surface area contributed by atoms with Crippen LogP contribution in [0, 0.1) is 6.92 Å². The van der Waals surface area contributed by atoms with Gasteiger partial charge in [0.1, 0.15) is 11.5 Å². The van der Waals surface area contributed by atoms with Crippen LogP contribution in [0.15, 0.2) is 133 Å². The highest BCUT2D eigenvalue weighted by Gasteiger charge is 2.51. The highest BCUT2D eigenvalue weighted by atomic mass is 35.5. The molecule has 0 fully saturated rings. The maximum atomic E-state index is 13.3. The lowest BCUT2D eigenvalue weighted by molar-refractivity contribution is 0.0983. The van der Waals surface area contributed by atoms with Gasteiger partial charge < -0.3 is 20.7 Å². The third-order valence-corrected chi connectivity index (χ3v) is 9.31. The molecule has 6 heteroatoms. The van der Waals surface area contributed by atoms with Gasteiger partial charge in [-0.2, -0.15) is 0 Å². The van der Waals surface area contributed by atoms with Crippen molar-refractivity contribution in [1.82, 2.24) is 0 Å². The zero-order valence-corrected chi connectivity index (χ0v) is 25.9. The molecule has 224 valence electrons. The number of nitrogens with one attached hydrogen (secondary N) is 3. The summed E-state index contributed by atoms with van der Waals surface area (Å²) in [6, 6.07) is 44.5. The number of hydrogen-bond donors (Lipinski definition) is 3. The molecule has 1 aliphatic carbocycles. The molecule has 0 saturated carbocycles. The van der Waals surface area contributed by atoms with Crippen LogP contribution in [0.4, 0.5) is 34.1 Å². The molecule has 0 radical (unpaired) electrons. The Labute approximate surface area is 272 Å². The van der Waals surface area contributed by atoms with E-state index in [0.717, 1.165) is 73.4 Å². The number of Topliss-reactive ketones (excluding diaryl/α,β-unsaturated/α-hetero) is 1. The molecular weight excluding hydrogens is 590 g/mol. The Morgan fingerprint density at radius 3 is 1.74 bits per heavy atom. The monoisotopic (exact) mass is 619 g/mol. The number of ketones is 1. The van der Waals surface area contributed by atoms with E-state index in [1.165, 1.54) is 0 Å². The summed E-state index contributed by atoms with van der Waals surface area (Å²) in [6.45, 7) is 1.97. The molecule has 1 unspecified atom stereocenters. The Bertz CT molecular complexity index is 2110. The van der Waals surface area contributed by atoms with Crippen molar-refractivity contribution < 1.29 is 9.53 Å². The van der Waals surface area contributed by atoms with E-state index in [4.69, 9.17) is 16.3 Å². The van der Waals surface area contributed by atoms with Gasteiger partial charge in [-0.3, -0.25) is 4.79 Å². The van der Waals surface area contributed by atoms with Crippen molar-refractivity contribution in [3.05, 3.63) is 166 Å².